The number of carbonyl (C=O) groups is 1. The van der Waals surface area contributed by atoms with E-state index >= 15 is 0 Å². The standard InChI is InChI=1S/C13H11BrO2S/c14-11-5-3-10(4-6-11)13(15)9-17-8-12-2-1-7-16-12/h1-7H,8-9H2. The highest BCUT2D eigenvalue weighted by molar-refractivity contribution is 9.10. The predicted molar refractivity (Wildman–Crippen MR) is 73.3 cm³/mol. The molecule has 0 unspecified atom stereocenters. The second kappa shape index (κ2) is 6.07. The summed E-state index contributed by atoms with van der Waals surface area (Å²) < 4.78 is 6.18. The Morgan fingerprint density at radius 3 is 2.65 bits per heavy atom. The van der Waals surface area contributed by atoms with Crippen LogP contribution in [0.4, 0.5) is 0 Å². The molecule has 0 aliphatic rings. The lowest BCUT2D eigenvalue weighted by Gasteiger charge is -2.00. The summed E-state index contributed by atoms with van der Waals surface area (Å²) >= 11 is 4.91. The Morgan fingerprint density at radius 2 is 2.00 bits per heavy atom. The average molecular weight is 311 g/mol. The molecule has 1 aromatic heterocycles. The number of benzene rings is 1. The Balaban J connectivity index is 1.83. The van der Waals surface area contributed by atoms with Gasteiger partial charge in [0.25, 0.3) is 0 Å². The molecule has 0 amide bonds. The van der Waals surface area contributed by atoms with E-state index in [1.807, 2.05) is 36.4 Å². The second-order valence-corrected chi connectivity index (χ2v) is 5.40. The molecule has 0 fully saturated rings. The van der Waals surface area contributed by atoms with Gasteiger partial charge in [0.1, 0.15) is 5.76 Å². The molecular weight excluding hydrogens is 300 g/mol. The zero-order chi connectivity index (χ0) is 12.1. The topological polar surface area (TPSA) is 30.2 Å². The van der Waals surface area contributed by atoms with E-state index in [0.29, 0.717) is 5.75 Å². The molecule has 0 atom stereocenters. The summed E-state index contributed by atoms with van der Waals surface area (Å²) in [7, 11) is 0. The lowest BCUT2D eigenvalue weighted by molar-refractivity contribution is 0.102. The molecule has 0 saturated carbocycles. The van der Waals surface area contributed by atoms with E-state index < -0.39 is 0 Å². The summed E-state index contributed by atoms with van der Waals surface area (Å²) in [5.41, 5.74) is 0.750. The summed E-state index contributed by atoms with van der Waals surface area (Å²) in [5.74, 6) is 2.25. The maximum Gasteiger partial charge on any atom is 0.172 e. The van der Waals surface area contributed by atoms with Crippen LogP contribution in [-0.4, -0.2) is 11.5 Å². The molecule has 0 radical (unpaired) electrons. The van der Waals surface area contributed by atoms with Crippen LogP contribution in [0.3, 0.4) is 0 Å². The second-order valence-electron chi connectivity index (χ2n) is 3.50. The first-order chi connectivity index (χ1) is 8.25. The Morgan fingerprint density at radius 1 is 1.24 bits per heavy atom. The van der Waals surface area contributed by atoms with Gasteiger partial charge >= 0.3 is 0 Å². The fraction of sp³-hybridized carbons (Fsp3) is 0.154. The fourth-order valence-electron chi connectivity index (χ4n) is 1.36. The van der Waals surface area contributed by atoms with E-state index in [9.17, 15) is 4.79 Å². The third-order valence-electron chi connectivity index (χ3n) is 2.22. The van der Waals surface area contributed by atoms with Crippen molar-refractivity contribution >= 4 is 33.5 Å². The highest BCUT2D eigenvalue weighted by atomic mass is 79.9. The van der Waals surface area contributed by atoms with Crippen LogP contribution >= 0.6 is 27.7 Å². The number of carbonyl (C=O) groups excluding carboxylic acids is 1. The average Bonchev–Trinajstić information content (AvgIpc) is 2.83. The minimum absolute atomic E-state index is 0.147. The molecule has 0 aliphatic heterocycles. The molecule has 0 aliphatic carbocycles. The molecule has 2 rings (SSSR count). The molecule has 4 heteroatoms. The van der Waals surface area contributed by atoms with Crippen molar-refractivity contribution in [2.45, 2.75) is 5.75 Å². The number of halogens is 1. The molecule has 0 N–H and O–H groups in total. The van der Waals surface area contributed by atoms with Crippen molar-refractivity contribution in [1.29, 1.82) is 0 Å². The van der Waals surface area contributed by atoms with Crippen LogP contribution in [0.5, 0.6) is 0 Å². The van der Waals surface area contributed by atoms with Crippen molar-refractivity contribution < 1.29 is 9.21 Å². The Bertz CT molecular complexity index is 477. The molecular formula is C13H11BrO2S. The molecule has 17 heavy (non-hydrogen) atoms. The van der Waals surface area contributed by atoms with Crippen LogP contribution in [-0.2, 0) is 5.75 Å². The Kier molecular flexibility index (Phi) is 4.45. The Labute approximate surface area is 113 Å². The maximum atomic E-state index is 11.8. The lowest BCUT2D eigenvalue weighted by atomic mass is 10.2. The largest absolute Gasteiger partial charge is 0.468 e. The summed E-state index contributed by atoms with van der Waals surface area (Å²) in [6.07, 6.45) is 1.65. The maximum absolute atomic E-state index is 11.8. The van der Waals surface area contributed by atoms with Gasteiger partial charge in [0.05, 0.1) is 17.8 Å². The first-order valence-corrected chi connectivity index (χ1v) is 7.09. The molecule has 2 nitrogen and oxygen atoms in total. The Hall–Kier alpha value is -1.000. The zero-order valence-electron chi connectivity index (χ0n) is 9.06. The van der Waals surface area contributed by atoms with Crippen molar-refractivity contribution in [1.82, 2.24) is 0 Å². The van der Waals surface area contributed by atoms with Gasteiger partial charge in [-0.3, -0.25) is 4.79 Å². The van der Waals surface area contributed by atoms with Crippen LogP contribution in [0.2, 0.25) is 0 Å². The molecule has 0 spiro atoms. The molecule has 0 bridgehead atoms. The zero-order valence-corrected chi connectivity index (χ0v) is 11.5. The minimum Gasteiger partial charge on any atom is -0.468 e. The molecule has 1 aromatic carbocycles. The van der Waals surface area contributed by atoms with Gasteiger partial charge in [0, 0.05) is 10.0 Å². The summed E-state index contributed by atoms with van der Waals surface area (Å²) in [5, 5.41) is 0. The smallest absolute Gasteiger partial charge is 0.172 e. The van der Waals surface area contributed by atoms with E-state index in [-0.39, 0.29) is 5.78 Å². The van der Waals surface area contributed by atoms with Gasteiger partial charge in [-0.15, -0.1) is 11.8 Å². The molecule has 2 aromatic rings. The van der Waals surface area contributed by atoms with Gasteiger partial charge in [-0.1, -0.05) is 28.1 Å². The van der Waals surface area contributed by atoms with Crippen LogP contribution in [0.25, 0.3) is 0 Å². The highest BCUT2D eigenvalue weighted by Crippen LogP contribution is 2.16. The number of hydrogen-bond acceptors (Lipinski definition) is 3. The first kappa shape index (κ1) is 12.5. The number of furan rings is 1. The van der Waals surface area contributed by atoms with Crippen LogP contribution < -0.4 is 0 Å². The van der Waals surface area contributed by atoms with E-state index in [2.05, 4.69) is 15.9 Å². The van der Waals surface area contributed by atoms with Gasteiger partial charge in [-0.2, -0.15) is 0 Å². The van der Waals surface area contributed by atoms with E-state index in [4.69, 9.17) is 4.42 Å². The van der Waals surface area contributed by atoms with Gasteiger partial charge in [0.2, 0.25) is 0 Å². The van der Waals surface area contributed by atoms with Gasteiger partial charge in [-0.05, 0) is 24.3 Å². The van der Waals surface area contributed by atoms with E-state index in [0.717, 1.165) is 21.5 Å². The predicted octanol–water partition coefficient (Wildman–Crippen LogP) is 4.16. The third-order valence-corrected chi connectivity index (χ3v) is 3.71. The quantitative estimate of drug-likeness (QED) is 0.777. The van der Waals surface area contributed by atoms with Crippen LogP contribution in [0.1, 0.15) is 16.1 Å². The lowest BCUT2D eigenvalue weighted by Crippen LogP contribution is -2.02. The van der Waals surface area contributed by atoms with Crippen molar-refractivity contribution in [2.75, 3.05) is 5.75 Å². The normalized spacial score (nSPS) is 10.4. The third kappa shape index (κ3) is 3.75. The SMILES string of the molecule is O=C(CSCc1ccco1)c1ccc(Br)cc1. The number of hydrogen-bond donors (Lipinski definition) is 0. The van der Waals surface area contributed by atoms with Crippen molar-refractivity contribution in [2.24, 2.45) is 0 Å². The van der Waals surface area contributed by atoms with Crippen molar-refractivity contribution in [3.8, 4) is 0 Å². The first-order valence-electron chi connectivity index (χ1n) is 5.14. The summed E-state index contributed by atoms with van der Waals surface area (Å²) in [6, 6.07) is 11.2. The van der Waals surface area contributed by atoms with Crippen molar-refractivity contribution in [3.63, 3.8) is 0 Å². The monoisotopic (exact) mass is 310 g/mol. The number of rotatable bonds is 5. The minimum atomic E-state index is 0.147. The van der Waals surface area contributed by atoms with Gasteiger partial charge in [-0.25, -0.2) is 0 Å². The number of Topliss-reactive ketones (excluding diaryl/α,β-unsaturated/α-hetero) is 1. The highest BCUT2D eigenvalue weighted by Gasteiger charge is 2.06. The summed E-state index contributed by atoms with van der Waals surface area (Å²) in [4.78, 5) is 11.8. The summed E-state index contributed by atoms with van der Waals surface area (Å²) in [6.45, 7) is 0. The number of thioether (sulfide) groups is 1. The molecule has 88 valence electrons. The molecule has 1 heterocycles. The van der Waals surface area contributed by atoms with Crippen molar-refractivity contribution in [3.05, 3.63) is 58.5 Å². The van der Waals surface area contributed by atoms with E-state index in [1.54, 1.807) is 18.0 Å². The van der Waals surface area contributed by atoms with Crippen LogP contribution in [0, 0.1) is 0 Å². The fourth-order valence-corrected chi connectivity index (χ4v) is 2.44. The van der Waals surface area contributed by atoms with E-state index in [1.165, 1.54) is 0 Å². The van der Waals surface area contributed by atoms with Gasteiger partial charge in [0.15, 0.2) is 5.78 Å². The van der Waals surface area contributed by atoms with Crippen LogP contribution in [0.15, 0.2) is 51.6 Å². The van der Waals surface area contributed by atoms with Gasteiger partial charge < -0.3 is 4.42 Å². The molecule has 0 saturated heterocycles. The number of ketones is 1.